The SMILES string of the molecule is CCCCCCC[S@](=O)c1ccccc1OC(C)=O. The average Bonchev–Trinajstić information content (AvgIpc) is 2.38. The third-order valence-electron chi connectivity index (χ3n) is 2.78. The van der Waals surface area contributed by atoms with Crippen LogP contribution in [0.15, 0.2) is 29.2 Å². The zero-order valence-corrected chi connectivity index (χ0v) is 12.5. The van der Waals surface area contributed by atoms with Crippen LogP contribution in [0, 0.1) is 0 Å². The topological polar surface area (TPSA) is 43.4 Å². The average molecular weight is 282 g/mol. The highest BCUT2D eigenvalue weighted by Crippen LogP contribution is 2.22. The summed E-state index contributed by atoms with van der Waals surface area (Å²) < 4.78 is 17.3. The van der Waals surface area contributed by atoms with Gasteiger partial charge in [-0.05, 0) is 18.6 Å². The molecule has 0 aliphatic rings. The Morgan fingerprint density at radius 2 is 1.84 bits per heavy atom. The van der Waals surface area contributed by atoms with E-state index in [-0.39, 0.29) is 5.97 Å². The molecule has 0 radical (unpaired) electrons. The van der Waals surface area contributed by atoms with E-state index in [2.05, 4.69) is 6.92 Å². The predicted octanol–water partition coefficient (Wildman–Crippen LogP) is 3.69. The van der Waals surface area contributed by atoms with Gasteiger partial charge in [-0.1, -0.05) is 44.7 Å². The van der Waals surface area contributed by atoms with Gasteiger partial charge < -0.3 is 4.74 Å². The maximum absolute atomic E-state index is 12.2. The molecule has 0 aliphatic heterocycles. The van der Waals surface area contributed by atoms with Gasteiger partial charge in [0.25, 0.3) is 0 Å². The fourth-order valence-electron chi connectivity index (χ4n) is 1.82. The van der Waals surface area contributed by atoms with Crippen LogP contribution in [0.25, 0.3) is 0 Å². The van der Waals surface area contributed by atoms with Crippen LogP contribution in [0.2, 0.25) is 0 Å². The van der Waals surface area contributed by atoms with E-state index >= 15 is 0 Å². The monoisotopic (exact) mass is 282 g/mol. The molecule has 1 aromatic rings. The molecular formula is C15H22O3S. The molecule has 0 aromatic heterocycles. The zero-order valence-electron chi connectivity index (χ0n) is 11.7. The van der Waals surface area contributed by atoms with Gasteiger partial charge in [-0.3, -0.25) is 9.00 Å². The Balaban J connectivity index is 2.54. The Kier molecular flexibility index (Phi) is 7.41. The summed E-state index contributed by atoms with van der Waals surface area (Å²) in [5.74, 6) is 0.663. The van der Waals surface area contributed by atoms with E-state index < -0.39 is 10.8 Å². The Morgan fingerprint density at radius 3 is 2.53 bits per heavy atom. The highest BCUT2D eigenvalue weighted by Gasteiger charge is 2.11. The van der Waals surface area contributed by atoms with Crippen LogP contribution in [-0.2, 0) is 15.6 Å². The maximum atomic E-state index is 12.2. The summed E-state index contributed by atoms with van der Waals surface area (Å²) in [5, 5.41) is 0. The first-order valence-electron chi connectivity index (χ1n) is 6.81. The number of para-hydroxylation sites is 1. The van der Waals surface area contributed by atoms with Crippen molar-refractivity contribution in [3.63, 3.8) is 0 Å². The molecule has 1 atom stereocenters. The van der Waals surface area contributed by atoms with Crippen LogP contribution < -0.4 is 4.74 Å². The van der Waals surface area contributed by atoms with E-state index in [1.165, 1.54) is 26.2 Å². The first-order valence-corrected chi connectivity index (χ1v) is 8.13. The largest absolute Gasteiger partial charge is 0.425 e. The summed E-state index contributed by atoms with van der Waals surface area (Å²) >= 11 is 0. The van der Waals surface area contributed by atoms with Crippen LogP contribution in [0.3, 0.4) is 0 Å². The lowest BCUT2D eigenvalue weighted by molar-refractivity contribution is -0.132. The third-order valence-corrected chi connectivity index (χ3v) is 4.27. The summed E-state index contributed by atoms with van der Waals surface area (Å²) in [5.41, 5.74) is 0. The normalized spacial score (nSPS) is 12.1. The minimum absolute atomic E-state index is 0.382. The lowest BCUT2D eigenvalue weighted by Gasteiger charge is -2.08. The number of carbonyl (C=O) groups excluding carboxylic acids is 1. The van der Waals surface area contributed by atoms with E-state index in [4.69, 9.17) is 4.74 Å². The number of hydrogen-bond donors (Lipinski definition) is 0. The number of carbonyl (C=O) groups is 1. The van der Waals surface area contributed by atoms with Crippen LogP contribution in [0.5, 0.6) is 5.75 Å². The van der Waals surface area contributed by atoms with Crippen molar-refractivity contribution in [1.29, 1.82) is 0 Å². The van der Waals surface area contributed by atoms with E-state index in [0.717, 1.165) is 12.8 Å². The number of benzene rings is 1. The van der Waals surface area contributed by atoms with Gasteiger partial charge in [0.1, 0.15) is 5.75 Å². The highest BCUT2D eigenvalue weighted by molar-refractivity contribution is 7.85. The number of hydrogen-bond acceptors (Lipinski definition) is 3. The van der Waals surface area contributed by atoms with Gasteiger partial charge in [-0.2, -0.15) is 0 Å². The molecule has 0 spiro atoms. The third kappa shape index (κ3) is 6.01. The molecule has 0 unspecified atom stereocenters. The fourth-order valence-corrected chi connectivity index (χ4v) is 3.07. The molecule has 1 aromatic carbocycles. The first kappa shape index (κ1) is 15.9. The van der Waals surface area contributed by atoms with Crippen LogP contribution >= 0.6 is 0 Å². The summed E-state index contributed by atoms with van der Waals surface area (Å²) in [6.07, 6.45) is 5.69. The number of ether oxygens (including phenoxy) is 1. The van der Waals surface area contributed by atoms with Crippen LogP contribution in [0.4, 0.5) is 0 Å². The van der Waals surface area contributed by atoms with Crippen molar-refractivity contribution in [2.75, 3.05) is 5.75 Å². The lowest BCUT2D eigenvalue weighted by atomic mass is 10.2. The molecule has 19 heavy (non-hydrogen) atoms. The molecule has 1 rings (SSSR count). The molecule has 4 heteroatoms. The standard InChI is InChI=1S/C15H22O3S/c1-3-4-5-6-9-12-19(17)15-11-8-7-10-14(15)18-13(2)16/h7-8,10-11H,3-6,9,12H2,1-2H3/t19-/m0/s1. The summed E-state index contributed by atoms with van der Waals surface area (Å²) in [6.45, 7) is 3.53. The van der Waals surface area contributed by atoms with Crippen molar-refractivity contribution < 1.29 is 13.7 Å². The van der Waals surface area contributed by atoms with Gasteiger partial charge in [-0.15, -0.1) is 0 Å². The number of rotatable bonds is 8. The van der Waals surface area contributed by atoms with Gasteiger partial charge in [0.05, 0.1) is 15.7 Å². The minimum Gasteiger partial charge on any atom is -0.425 e. The van der Waals surface area contributed by atoms with Crippen LogP contribution in [0.1, 0.15) is 46.0 Å². The fraction of sp³-hybridized carbons (Fsp3) is 0.533. The summed E-state index contributed by atoms with van der Waals surface area (Å²) in [4.78, 5) is 11.6. The van der Waals surface area contributed by atoms with Gasteiger partial charge in [0.2, 0.25) is 0 Å². The van der Waals surface area contributed by atoms with Crippen molar-refractivity contribution in [2.24, 2.45) is 0 Å². The molecular weight excluding hydrogens is 260 g/mol. The minimum atomic E-state index is -1.09. The highest BCUT2D eigenvalue weighted by atomic mass is 32.2. The van der Waals surface area contributed by atoms with E-state index in [1.54, 1.807) is 18.2 Å². The van der Waals surface area contributed by atoms with E-state index in [1.807, 2.05) is 6.07 Å². The molecule has 106 valence electrons. The Hall–Kier alpha value is -1.16. The predicted molar refractivity (Wildman–Crippen MR) is 77.8 cm³/mol. The molecule has 0 saturated heterocycles. The molecule has 0 N–H and O–H groups in total. The zero-order chi connectivity index (χ0) is 14.1. The second-order valence-corrected chi connectivity index (χ2v) is 6.04. The molecule has 3 nitrogen and oxygen atoms in total. The molecule has 0 bridgehead atoms. The second kappa shape index (κ2) is 8.86. The van der Waals surface area contributed by atoms with Gasteiger partial charge in [-0.25, -0.2) is 0 Å². The van der Waals surface area contributed by atoms with Crippen molar-refractivity contribution in [2.45, 2.75) is 50.8 Å². The van der Waals surface area contributed by atoms with E-state index in [9.17, 15) is 9.00 Å². The molecule has 0 heterocycles. The van der Waals surface area contributed by atoms with Gasteiger partial charge >= 0.3 is 5.97 Å². The summed E-state index contributed by atoms with van der Waals surface area (Å²) in [6, 6.07) is 7.05. The Bertz CT molecular complexity index is 429. The Labute approximate surface area is 117 Å². The number of unbranched alkanes of at least 4 members (excludes halogenated alkanes) is 4. The maximum Gasteiger partial charge on any atom is 0.308 e. The molecule has 0 fully saturated rings. The molecule has 0 aliphatic carbocycles. The quantitative estimate of drug-likeness (QED) is 0.415. The lowest BCUT2D eigenvalue weighted by Crippen LogP contribution is -2.06. The van der Waals surface area contributed by atoms with E-state index in [0.29, 0.717) is 16.4 Å². The van der Waals surface area contributed by atoms with Crippen molar-refractivity contribution in [3.8, 4) is 5.75 Å². The molecule has 0 amide bonds. The van der Waals surface area contributed by atoms with Crippen molar-refractivity contribution in [3.05, 3.63) is 24.3 Å². The van der Waals surface area contributed by atoms with Crippen LogP contribution in [-0.4, -0.2) is 15.9 Å². The second-order valence-electron chi connectivity index (χ2n) is 4.50. The van der Waals surface area contributed by atoms with Gasteiger partial charge in [0, 0.05) is 12.7 Å². The smallest absolute Gasteiger partial charge is 0.308 e. The molecule has 0 saturated carbocycles. The summed E-state index contributed by atoms with van der Waals surface area (Å²) in [7, 11) is -1.09. The van der Waals surface area contributed by atoms with Crippen molar-refractivity contribution in [1.82, 2.24) is 0 Å². The first-order chi connectivity index (χ1) is 9.15. The Morgan fingerprint density at radius 1 is 1.16 bits per heavy atom. The van der Waals surface area contributed by atoms with Crippen molar-refractivity contribution >= 4 is 16.8 Å². The number of esters is 1. The van der Waals surface area contributed by atoms with Gasteiger partial charge in [0.15, 0.2) is 0 Å².